The van der Waals surface area contributed by atoms with Gasteiger partial charge in [0, 0.05) is 12.7 Å². The van der Waals surface area contributed by atoms with Crippen LogP contribution in [0.2, 0.25) is 0 Å². The molecule has 2 heterocycles. The summed E-state index contributed by atoms with van der Waals surface area (Å²) in [6.45, 7) is 2.50. The van der Waals surface area contributed by atoms with Crippen molar-refractivity contribution in [3.05, 3.63) is 47.7 Å². The van der Waals surface area contributed by atoms with Crippen LogP contribution >= 0.6 is 0 Å². The minimum atomic E-state index is -0.496. The molecule has 21 heavy (non-hydrogen) atoms. The number of hydrogen-bond donors (Lipinski definition) is 1. The Morgan fingerprint density at radius 1 is 1.38 bits per heavy atom. The van der Waals surface area contributed by atoms with Crippen molar-refractivity contribution < 1.29 is 9.53 Å². The monoisotopic (exact) mass is 283 g/mol. The van der Waals surface area contributed by atoms with E-state index in [0.29, 0.717) is 24.7 Å². The predicted octanol–water partition coefficient (Wildman–Crippen LogP) is 1.53. The zero-order valence-corrected chi connectivity index (χ0v) is 11.4. The number of carbonyl (C=O) groups is 1. The standard InChI is InChI=1S/C14H13N5O2/c1-2-21-14(20)12-8-19-13(9-17-12)18-7-10-3-4-16-11(5-10)6-15/h3-5,8-9H,2,7H2,1H3,(H,18,19). The first-order chi connectivity index (χ1) is 10.2. The van der Waals surface area contributed by atoms with Gasteiger partial charge >= 0.3 is 5.97 Å². The molecule has 2 aromatic rings. The first-order valence-electron chi connectivity index (χ1n) is 6.31. The topological polar surface area (TPSA) is 101 Å². The molecule has 0 amide bonds. The zero-order chi connectivity index (χ0) is 15.1. The van der Waals surface area contributed by atoms with Gasteiger partial charge in [0.1, 0.15) is 17.6 Å². The molecule has 0 atom stereocenters. The number of rotatable bonds is 5. The maximum absolute atomic E-state index is 11.4. The van der Waals surface area contributed by atoms with Gasteiger partial charge in [-0.05, 0) is 24.6 Å². The summed E-state index contributed by atoms with van der Waals surface area (Å²) in [4.78, 5) is 23.4. The summed E-state index contributed by atoms with van der Waals surface area (Å²) in [5.41, 5.74) is 1.42. The third-order valence-electron chi connectivity index (χ3n) is 2.55. The molecule has 7 nitrogen and oxygen atoms in total. The van der Waals surface area contributed by atoms with Crippen LogP contribution in [0.1, 0.15) is 28.7 Å². The van der Waals surface area contributed by atoms with Gasteiger partial charge < -0.3 is 10.1 Å². The molecule has 0 aliphatic rings. The van der Waals surface area contributed by atoms with E-state index in [1.165, 1.54) is 12.4 Å². The Morgan fingerprint density at radius 3 is 2.90 bits per heavy atom. The second-order valence-corrected chi connectivity index (χ2v) is 4.02. The number of pyridine rings is 1. The Balaban J connectivity index is 1.97. The molecule has 0 unspecified atom stereocenters. The lowest BCUT2D eigenvalue weighted by atomic mass is 10.2. The van der Waals surface area contributed by atoms with Crippen LogP contribution in [0, 0.1) is 11.3 Å². The van der Waals surface area contributed by atoms with Crippen molar-refractivity contribution in [1.82, 2.24) is 15.0 Å². The number of nitrogens with one attached hydrogen (secondary N) is 1. The summed E-state index contributed by atoms with van der Waals surface area (Å²) in [7, 11) is 0. The highest BCUT2D eigenvalue weighted by atomic mass is 16.5. The van der Waals surface area contributed by atoms with Gasteiger partial charge in [-0.3, -0.25) is 0 Å². The second kappa shape index (κ2) is 6.96. The quantitative estimate of drug-likeness (QED) is 0.830. The SMILES string of the molecule is CCOC(=O)c1cnc(NCc2ccnc(C#N)c2)cn1. The summed E-state index contributed by atoms with van der Waals surface area (Å²) in [6.07, 6.45) is 4.39. The maximum Gasteiger partial charge on any atom is 0.358 e. The van der Waals surface area contributed by atoms with Gasteiger partial charge in [0.05, 0.1) is 19.0 Å². The number of esters is 1. The zero-order valence-electron chi connectivity index (χ0n) is 11.4. The van der Waals surface area contributed by atoms with Crippen LogP contribution in [-0.4, -0.2) is 27.5 Å². The fraction of sp³-hybridized carbons (Fsp3) is 0.214. The summed E-state index contributed by atoms with van der Waals surface area (Å²) in [6, 6.07) is 5.47. The summed E-state index contributed by atoms with van der Waals surface area (Å²) < 4.78 is 4.82. The fourth-order valence-corrected chi connectivity index (χ4v) is 1.57. The highest BCUT2D eigenvalue weighted by Crippen LogP contribution is 2.06. The van der Waals surface area contributed by atoms with E-state index in [9.17, 15) is 4.79 Å². The average molecular weight is 283 g/mol. The molecular weight excluding hydrogens is 270 g/mol. The van der Waals surface area contributed by atoms with Gasteiger partial charge in [0.25, 0.3) is 0 Å². The Hall–Kier alpha value is -3.01. The van der Waals surface area contributed by atoms with Gasteiger partial charge in [-0.2, -0.15) is 5.26 Å². The molecule has 0 saturated carbocycles. The Kier molecular flexibility index (Phi) is 4.77. The fourth-order valence-electron chi connectivity index (χ4n) is 1.57. The van der Waals surface area contributed by atoms with E-state index in [4.69, 9.17) is 10.00 Å². The molecule has 0 fully saturated rings. The molecule has 0 aliphatic carbocycles. The van der Waals surface area contributed by atoms with Crippen molar-refractivity contribution in [2.24, 2.45) is 0 Å². The van der Waals surface area contributed by atoms with Crippen molar-refractivity contribution >= 4 is 11.8 Å². The van der Waals surface area contributed by atoms with Crippen LogP contribution in [0.3, 0.4) is 0 Å². The van der Waals surface area contributed by atoms with Crippen molar-refractivity contribution in [3.63, 3.8) is 0 Å². The minimum absolute atomic E-state index is 0.165. The van der Waals surface area contributed by atoms with Crippen molar-refractivity contribution in [2.45, 2.75) is 13.5 Å². The highest BCUT2D eigenvalue weighted by Gasteiger charge is 2.08. The lowest BCUT2D eigenvalue weighted by Crippen LogP contribution is -2.09. The molecule has 0 bridgehead atoms. The third kappa shape index (κ3) is 3.98. The largest absolute Gasteiger partial charge is 0.461 e. The molecular formula is C14H13N5O2. The lowest BCUT2D eigenvalue weighted by Gasteiger charge is -2.06. The van der Waals surface area contributed by atoms with E-state index in [1.54, 1.807) is 25.3 Å². The van der Waals surface area contributed by atoms with Gasteiger partial charge in [0.15, 0.2) is 5.69 Å². The molecule has 2 aromatic heterocycles. The lowest BCUT2D eigenvalue weighted by molar-refractivity contribution is 0.0519. The molecule has 0 aromatic carbocycles. The van der Waals surface area contributed by atoms with Crippen molar-refractivity contribution in [2.75, 3.05) is 11.9 Å². The molecule has 2 rings (SSSR count). The summed E-state index contributed by atoms with van der Waals surface area (Å²) in [5.74, 6) is 0.0303. The number of nitrogens with zero attached hydrogens (tertiary/aromatic N) is 4. The number of hydrogen-bond acceptors (Lipinski definition) is 7. The number of anilines is 1. The predicted molar refractivity (Wildman–Crippen MR) is 74.3 cm³/mol. The molecule has 0 saturated heterocycles. The van der Waals surface area contributed by atoms with E-state index >= 15 is 0 Å². The number of aromatic nitrogens is 3. The van der Waals surface area contributed by atoms with Crippen molar-refractivity contribution in [3.8, 4) is 6.07 Å². The molecule has 0 spiro atoms. The Morgan fingerprint density at radius 2 is 2.24 bits per heavy atom. The maximum atomic E-state index is 11.4. The Labute approximate surface area is 121 Å². The molecule has 7 heteroatoms. The van der Waals surface area contributed by atoms with Gasteiger partial charge in [-0.15, -0.1) is 0 Å². The molecule has 0 aliphatic heterocycles. The van der Waals surface area contributed by atoms with Crippen LogP contribution < -0.4 is 5.32 Å². The van der Waals surface area contributed by atoms with Crippen LogP contribution in [0.4, 0.5) is 5.82 Å². The smallest absolute Gasteiger partial charge is 0.358 e. The highest BCUT2D eigenvalue weighted by molar-refractivity contribution is 5.86. The Bertz CT molecular complexity index is 664. The number of carbonyl (C=O) groups excluding carboxylic acids is 1. The van der Waals surface area contributed by atoms with E-state index in [2.05, 4.69) is 20.3 Å². The van der Waals surface area contributed by atoms with E-state index < -0.39 is 5.97 Å². The molecule has 1 N–H and O–H groups in total. The van der Waals surface area contributed by atoms with E-state index in [1.807, 2.05) is 6.07 Å². The first kappa shape index (κ1) is 14.4. The first-order valence-corrected chi connectivity index (χ1v) is 6.31. The normalized spacial score (nSPS) is 9.71. The average Bonchev–Trinajstić information content (AvgIpc) is 2.54. The van der Waals surface area contributed by atoms with Gasteiger partial charge in [-0.25, -0.2) is 19.7 Å². The van der Waals surface area contributed by atoms with E-state index in [0.717, 1.165) is 5.56 Å². The van der Waals surface area contributed by atoms with E-state index in [-0.39, 0.29) is 5.69 Å². The number of ether oxygens (including phenoxy) is 1. The van der Waals surface area contributed by atoms with Crippen LogP contribution in [-0.2, 0) is 11.3 Å². The second-order valence-electron chi connectivity index (χ2n) is 4.02. The molecule has 0 radical (unpaired) electrons. The van der Waals surface area contributed by atoms with Gasteiger partial charge in [0.2, 0.25) is 0 Å². The van der Waals surface area contributed by atoms with Gasteiger partial charge in [-0.1, -0.05) is 0 Å². The molecule has 106 valence electrons. The minimum Gasteiger partial charge on any atom is -0.461 e. The van der Waals surface area contributed by atoms with Crippen LogP contribution in [0.5, 0.6) is 0 Å². The van der Waals surface area contributed by atoms with Crippen LogP contribution in [0.15, 0.2) is 30.7 Å². The summed E-state index contributed by atoms with van der Waals surface area (Å²) >= 11 is 0. The van der Waals surface area contributed by atoms with Crippen molar-refractivity contribution in [1.29, 1.82) is 5.26 Å². The number of nitriles is 1. The summed E-state index contributed by atoms with van der Waals surface area (Å²) in [5, 5.41) is 11.8. The van der Waals surface area contributed by atoms with Crippen LogP contribution in [0.25, 0.3) is 0 Å². The third-order valence-corrected chi connectivity index (χ3v) is 2.55.